The van der Waals surface area contributed by atoms with Crippen LogP contribution in [0, 0.1) is 16.7 Å². The SMILES string of the molecule is CCOC(=O)C1(C#N)C(c2ccc(CC)cc2)C1S(=O)(=O)c1ccccc1. The van der Waals surface area contributed by atoms with Crippen molar-refractivity contribution in [2.24, 2.45) is 5.41 Å². The molecule has 0 heterocycles. The Morgan fingerprint density at radius 1 is 1.11 bits per heavy atom. The van der Waals surface area contributed by atoms with Gasteiger partial charge in [-0.05, 0) is 36.6 Å². The van der Waals surface area contributed by atoms with E-state index in [4.69, 9.17) is 4.74 Å². The molecule has 3 rings (SSSR count). The molecule has 2 aromatic rings. The van der Waals surface area contributed by atoms with Gasteiger partial charge in [-0.3, -0.25) is 4.79 Å². The minimum atomic E-state index is -3.89. The number of rotatable bonds is 6. The van der Waals surface area contributed by atoms with Crippen molar-refractivity contribution in [1.82, 2.24) is 0 Å². The second kappa shape index (κ2) is 7.16. The number of ether oxygens (including phenoxy) is 1. The van der Waals surface area contributed by atoms with Crippen LogP contribution < -0.4 is 0 Å². The van der Waals surface area contributed by atoms with Crippen LogP contribution in [0.25, 0.3) is 0 Å². The number of nitrogens with zero attached hydrogens (tertiary/aromatic N) is 1. The summed E-state index contributed by atoms with van der Waals surface area (Å²) >= 11 is 0. The highest BCUT2D eigenvalue weighted by Gasteiger charge is 2.77. The van der Waals surface area contributed by atoms with E-state index in [-0.39, 0.29) is 11.5 Å². The van der Waals surface area contributed by atoms with Gasteiger partial charge in [0.15, 0.2) is 15.3 Å². The second-order valence-electron chi connectivity index (χ2n) is 6.55. The number of nitriles is 1. The van der Waals surface area contributed by atoms with Gasteiger partial charge in [-0.25, -0.2) is 8.42 Å². The van der Waals surface area contributed by atoms with Crippen molar-refractivity contribution in [3.05, 3.63) is 65.7 Å². The van der Waals surface area contributed by atoms with Gasteiger partial charge in [-0.15, -0.1) is 0 Å². The Morgan fingerprint density at radius 3 is 2.26 bits per heavy atom. The maximum Gasteiger partial charge on any atom is 0.328 e. The number of hydrogen-bond acceptors (Lipinski definition) is 5. The van der Waals surface area contributed by atoms with Crippen LogP contribution >= 0.6 is 0 Å². The molecule has 0 bridgehead atoms. The lowest BCUT2D eigenvalue weighted by Gasteiger charge is -2.09. The molecule has 3 unspecified atom stereocenters. The second-order valence-corrected chi connectivity index (χ2v) is 8.62. The molecule has 0 saturated heterocycles. The van der Waals surface area contributed by atoms with Crippen LogP contribution in [0.5, 0.6) is 0 Å². The topological polar surface area (TPSA) is 84.2 Å². The van der Waals surface area contributed by atoms with E-state index in [0.29, 0.717) is 5.56 Å². The van der Waals surface area contributed by atoms with Gasteiger partial charge >= 0.3 is 5.97 Å². The van der Waals surface area contributed by atoms with Crippen molar-refractivity contribution < 1.29 is 17.9 Å². The predicted molar refractivity (Wildman–Crippen MR) is 101 cm³/mol. The van der Waals surface area contributed by atoms with E-state index in [2.05, 4.69) is 0 Å². The third-order valence-corrected chi connectivity index (χ3v) is 7.33. The summed E-state index contributed by atoms with van der Waals surface area (Å²) in [5.41, 5.74) is 0.0326. The molecular weight excluding hydrogens is 362 g/mol. The molecule has 6 heteroatoms. The molecule has 1 aliphatic rings. The van der Waals surface area contributed by atoms with Crippen LogP contribution in [-0.2, 0) is 25.8 Å². The van der Waals surface area contributed by atoms with E-state index in [0.717, 1.165) is 12.0 Å². The normalized spacial score (nSPS) is 24.0. The first-order valence-electron chi connectivity index (χ1n) is 8.89. The van der Waals surface area contributed by atoms with Crippen LogP contribution in [0.1, 0.15) is 30.9 Å². The first-order chi connectivity index (χ1) is 12.9. The Morgan fingerprint density at radius 2 is 1.74 bits per heavy atom. The maximum atomic E-state index is 13.2. The summed E-state index contributed by atoms with van der Waals surface area (Å²) in [7, 11) is -3.89. The van der Waals surface area contributed by atoms with Crippen molar-refractivity contribution in [3.8, 4) is 6.07 Å². The molecule has 0 spiro atoms. The smallest absolute Gasteiger partial charge is 0.328 e. The maximum absolute atomic E-state index is 13.2. The van der Waals surface area contributed by atoms with E-state index >= 15 is 0 Å². The van der Waals surface area contributed by atoms with Crippen LogP contribution in [0.2, 0.25) is 0 Å². The minimum Gasteiger partial charge on any atom is -0.465 e. The van der Waals surface area contributed by atoms with Gasteiger partial charge in [0.05, 0.1) is 17.6 Å². The lowest BCUT2D eigenvalue weighted by molar-refractivity contribution is -0.147. The molecule has 0 aromatic heterocycles. The zero-order chi connectivity index (χ0) is 19.7. The molecule has 2 aromatic carbocycles. The van der Waals surface area contributed by atoms with Gasteiger partial charge < -0.3 is 4.74 Å². The molecule has 0 N–H and O–H groups in total. The number of carbonyl (C=O) groups is 1. The summed E-state index contributed by atoms with van der Waals surface area (Å²) in [5.74, 6) is -1.53. The molecule has 0 aliphatic heterocycles. The van der Waals surface area contributed by atoms with E-state index in [1.165, 1.54) is 12.1 Å². The fraction of sp³-hybridized carbons (Fsp3) is 0.333. The molecule has 1 saturated carbocycles. The Labute approximate surface area is 159 Å². The number of aryl methyl sites for hydroxylation is 1. The lowest BCUT2D eigenvalue weighted by atomic mass is 9.99. The van der Waals surface area contributed by atoms with Gasteiger partial charge in [-0.1, -0.05) is 49.4 Å². The van der Waals surface area contributed by atoms with Gasteiger partial charge in [0.2, 0.25) is 0 Å². The van der Waals surface area contributed by atoms with E-state index in [1.807, 2.05) is 25.1 Å². The summed E-state index contributed by atoms with van der Waals surface area (Å²) in [6, 6.07) is 17.3. The van der Waals surface area contributed by atoms with Crippen molar-refractivity contribution in [2.75, 3.05) is 6.61 Å². The molecular formula is C21H21NO4S. The first kappa shape index (κ1) is 19.1. The molecule has 3 atom stereocenters. The zero-order valence-electron chi connectivity index (χ0n) is 15.3. The Balaban J connectivity index is 2.11. The highest BCUT2D eigenvalue weighted by Crippen LogP contribution is 2.64. The van der Waals surface area contributed by atoms with E-state index in [1.54, 1.807) is 37.3 Å². The summed E-state index contributed by atoms with van der Waals surface area (Å²) in [5, 5.41) is 8.69. The Kier molecular flexibility index (Phi) is 5.07. The van der Waals surface area contributed by atoms with Crippen molar-refractivity contribution in [3.63, 3.8) is 0 Å². The Bertz CT molecular complexity index is 977. The molecule has 140 valence electrons. The average molecular weight is 383 g/mol. The minimum absolute atomic E-state index is 0.0852. The molecule has 27 heavy (non-hydrogen) atoms. The Hall–Kier alpha value is -2.65. The molecule has 5 nitrogen and oxygen atoms in total. The summed E-state index contributed by atoms with van der Waals surface area (Å²) < 4.78 is 31.5. The van der Waals surface area contributed by atoms with Crippen LogP contribution in [0.15, 0.2) is 59.5 Å². The van der Waals surface area contributed by atoms with Crippen LogP contribution in [0.3, 0.4) is 0 Å². The van der Waals surface area contributed by atoms with Crippen molar-refractivity contribution >= 4 is 15.8 Å². The lowest BCUT2D eigenvalue weighted by Crippen LogP contribution is -2.25. The van der Waals surface area contributed by atoms with Gasteiger partial charge in [-0.2, -0.15) is 5.26 Å². The largest absolute Gasteiger partial charge is 0.465 e. The zero-order valence-corrected chi connectivity index (χ0v) is 16.1. The van der Waals surface area contributed by atoms with Gasteiger partial charge in [0, 0.05) is 5.92 Å². The fourth-order valence-electron chi connectivity index (χ4n) is 3.61. The third kappa shape index (κ3) is 3.02. The highest BCUT2D eigenvalue weighted by atomic mass is 32.2. The monoisotopic (exact) mass is 383 g/mol. The summed E-state index contributed by atoms with van der Waals surface area (Å²) in [6.45, 7) is 3.74. The van der Waals surface area contributed by atoms with E-state index < -0.39 is 32.4 Å². The molecule has 0 radical (unpaired) electrons. The number of benzene rings is 2. The fourth-order valence-corrected chi connectivity index (χ4v) is 5.87. The number of sulfone groups is 1. The predicted octanol–water partition coefficient (Wildman–Crippen LogP) is 3.26. The number of esters is 1. The average Bonchev–Trinajstić information content (AvgIpc) is 3.40. The molecule has 1 aliphatic carbocycles. The van der Waals surface area contributed by atoms with Crippen LogP contribution in [-0.4, -0.2) is 26.2 Å². The highest BCUT2D eigenvalue weighted by molar-refractivity contribution is 7.92. The summed E-state index contributed by atoms with van der Waals surface area (Å²) in [6.07, 6.45) is 0.845. The van der Waals surface area contributed by atoms with Crippen LogP contribution in [0.4, 0.5) is 0 Å². The standard InChI is InChI=1S/C21H21NO4S/c1-3-15-10-12-16(13-11-15)18-19(21(18,14-22)20(23)26-4-2)27(24,25)17-8-6-5-7-9-17/h5-13,18-19H,3-4H2,1-2H3. The number of carbonyl (C=O) groups excluding carboxylic acids is 1. The van der Waals surface area contributed by atoms with Gasteiger partial charge in [0.1, 0.15) is 5.25 Å². The number of hydrogen-bond donors (Lipinski definition) is 0. The van der Waals surface area contributed by atoms with Crippen molar-refractivity contribution in [1.29, 1.82) is 5.26 Å². The van der Waals surface area contributed by atoms with E-state index in [9.17, 15) is 18.5 Å². The van der Waals surface area contributed by atoms with Crippen molar-refractivity contribution in [2.45, 2.75) is 36.3 Å². The molecule has 0 amide bonds. The first-order valence-corrected chi connectivity index (χ1v) is 10.4. The third-order valence-electron chi connectivity index (χ3n) is 5.08. The molecule has 1 fully saturated rings. The summed E-state index contributed by atoms with van der Waals surface area (Å²) in [4.78, 5) is 12.7. The quantitative estimate of drug-likeness (QED) is 0.715. The van der Waals surface area contributed by atoms with Gasteiger partial charge in [0.25, 0.3) is 0 Å².